The number of nitrogens with zero attached hydrogens (tertiary/aromatic N) is 7. The van der Waals surface area contributed by atoms with Crippen LogP contribution in [0.2, 0.25) is 0 Å². The maximum absolute atomic E-state index is 13.5. The van der Waals surface area contributed by atoms with Gasteiger partial charge in [0.05, 0.1) is 12.4 Å². The van der Waals surface area contributed by atoms with Crippen molar-refractivity contribution in [1.29, 1.82) is 0 Å². The summed E-state index contributed by atoms with van der Waals surface area (Å²) in [5.74, 6) is 1.21. The van der Waals surface area contributed by atoms with Crippen molar-refractivity contribution in [2.45, 2.75) is 6.67 Å². The molecule has 5 rings (SSSR count). The summed E-state index contributed by atoms with van der Waals surface area (Å²) in [5.41, 5.74) is 1.74. The monoisotopic (exact) mass is 447 g/mol. The van der Waals surface area contributed by atoms with E-state index >= 15 is 0 Å². The van der Waals surface area contributed by atoms with Crippen molar-refractivity contribution in [1.82, 2.24) is 29.2 Å². The van der Waals surface area contributed by atoms with Gasteiger partial charge in [0.2, 0.25) is 10.7 Å². The molecule has 0 atom stereocenters. The molecule has 3 heterocycles. The zero-order valence-electron chi connectivity index (χ0n) is 17.4. The maximum atomic E-state index is 13.5. The van der Waals surface area contributed by atoms with Gasteiger partial charge in [0.15, 0.2) is 5.82 Å². The van der Waals surface area contributed by atoms with Gasteiger partial charge in [-0.1, -0.05) is 30.3 Å². The Morgan fingerprint density at radius 2 is 1.53 bits per heavy atom. The van der Waals surface area contributed by atoms with E-state index in [4.69, 9.17) is 17.3 Å². The fraction of sp³-hybridized carbons (Fsp3) is 0.217. The minimum Gasteiger partial charge on any atom is -0.338 e. The molecule has 32 heavy (non-hydrogen) atoms. The fourth-order valence-electron chi connectivity index (χ4n) is 3.83. The normalized spacial score (nSPS) is 14.6. The second-order valence-corrected chi connectivity index (χ2v) is 7.94. The Bertz CT molecular complexity index is 1230. The first-order valence-corrected chi connectivity index (χ1v) is 10.9. The van der Waals surface area contributed by atoms with Crippen LogP contribution in [0.4, 0.5) is 10.3 Å². The van der Waals surface area contributed by atoms with E-state index in [9.17, 15) is 4.39 Å². The van der Waals surface area contributed by atoms with Gasteiger partial charge in [-0.2, -0.15) is 0 Å². The van der Waals surface area contributed by atoms with Crippen LogP contribution in [0.3, 0.4) is 0 Å². The molecule has 162 valence electrons. The number of aromatic nitrogens is 5. The van der Waals surface area contributed by atoms with Gasteiger partial charge in [-0.05, 0) is 42.5 Å². The molecule has 0 spiro atoms. The molecule has 0 aliphatic carbocycles. The first-order chi connectivity index (χ1) is 15.7. The Hall–Kier alpha value is -3.43. The molecule has 0 unspecified atom stereocenters. The van der Waals surface area contributed by atoms with E-state index in [-0.39, 0.29) is 5.82 Å². The van der Waals surface area contributed by atoms with Gasteiger partial charge in [0.25, 0.3) is 0 Å². The number of anilines is 1. The van der Waals surface area contributed by atoms with Gasteiger partial charge < -0.3 is 4.90 Å². The number of piperazine rings is 1. The Morgan fingerprint density at radius 1 is 0.844 bits per heavy atom. The van der Waals surface area contributed by atoms with Crippen LogP contribution in [-0.2, 0) is 6.67 Å². The van der Waals surface area contributed by atoms with Crippen molar-refractivity contribution in [3.8, 4) is 17.1 Å². The summed E-state index contributed by atoms with van der Waals surface area (Å²) in [6.45, 7) is 3.95. The molecular formula is C23H22FN7S. The summed E-state index contributed by atoms with van der Waals surface area (Å²) < 4.78 is 17.8. The summed E-state index contributed by atoms with van der Waals surface area (Å²) in [6, 6.07) is 18.1. The summed E-state index contributed by atoms with van der Waals surface area (Å²) in [6.07, 6.45) is 3.53. The minimum absolute atomic E-state index is 0.283. The lowest BCUT2D eigenvalue weighted by Crippen LogP contribution is -2.47. The van der Waals surface area contributed by atoms with Gasteiger partial charge in [-0.15, -0.1) is 5.10 Å². The van der Waals surface area contributed by atoms with E-state index in [0.717, 1.165) is 49.2 Å². The molecule has 1 fully saturated rings. The Balaban J connectivity index is 1.41. The second-order valence-electron chi connectivity index (χ2n) is 7.58. The van der Waals surface area contributed by atoms with E-state index in [1.54, 1.807) is 24.5 Å². The lowest BCUT2D eigenvalue weighted by Gasteiger charge is -2.34. The van der Waals surface area contributed by atoms with E-state index in [1.165, 1.54) is 12.1 Å². The van der Waals surface area contributed by atoms with E-state index in [0.29, 0.717) is 11.4 Å². The number of benzene rings is 2. The topological polar surface area (TPSA) is 55.0 Å². The lowest BCUT2D eigenvalue weighted by atomic mass is 10.2. The average molecular weight is 448 g/mol. The van der Waals surface area contributed by atoms with Crippen LogP contribution in [-0.4, -0.2) is 55.4 Å². The van der Waals surface area contributed by atoms with Crippen molar-refractivity contribution in [3.63, 3.8) is 0 Å². The quantitative estimate of drug-likeness (QED) is 0.434. The van der Waals surface area contributed by atoms with Crippen LogP contribution in [0.1, 0.15) is 0 Å². The summed E-state index contributed by atoms with van der Waals surface area (Å²) in [5, 5.41) is 4.85. The highest BCUT2D eigenvalue weighted by Gasteiger charge is 2.21. The van der Waals surface area contributed by atoms with Crippen LogP contribution in [0, 0.1) is 10.6 Å². The third kappa shape index (κ3) is 4.17. The van der Waals surface area contributed by atoms with Crippen molar-refractivity contribution in [3.05, 3.63) is 83.6 Å². The maximum Gasteiger partial charge on any atom is 0.225 e. The molecule has 0 N–H and O–H groups in total. The number of halogens is 1. The molecule has 1 aliphatic heterocycles. The molecule has 1 saturated heterocycles. The van der Waals surface area contributed by atoms with Crippen molar-refractivity contribution >= 4 is 18.2 Å². The molecule has 0 saturated carbocycles. The zero-order valence-corrected chi connectivity index (χ0v) is 18.2. The van der Waals surface area contributed by atoms with Gasteiger partial charge >= 0.3 is 0 Å². The molecule has 9 heteroatoms. The third-order valence-electron chi connectivity index (χ3n) is 5.50. The SMILES string of the molecule is Fc1ccc(-n2c(-c3ccccc3)nn(CN3CCN(c4ncccn4)CC3)c2=S)cc1. The number of rotatable bonds is 5. The van der Waals surface area contributed by atoms with Crippen LogP contribution >= 0.6 is 12.2 Å². The van der Waals surface area contributed by atoms with Crippen LogP contribution in [0.25, 0.3) is 17.1 Å². The van der Waals surface area contributed by atoms with Crippen LogP contribution in [0.15, 0.2) is 73.1 Å². The molecule has 4 aromatic rings. The first kappa shape index (κ1) is 20.5. The fourth-order valence-corrected chi connectivity index (χ4v) is 4.12. The van der Waals surface area contributed by atoms with Crippen molar-refractivity contribution < 1.29 is 4.39 Å². The summed E-state index contributed by atoms with van der Waals surface area (Å²) >= 11 is 5.81. The predicted molar refractivity (Wildman–Crippen MR) is 124 cm³/mol. The van der Waals surface area contributed by atoms with Gasteiger partial charge in [-0.25, -0.2) is 19.0 Å². The smallest absolute Gasteiger partial charge is 0.225 e. The minimum atomic E-state index is -0.283. The number of hydrogen-bond acceptors (Lipinski definition) is 6. The largest absolute Gasteiger partial charge is 0.338 e. The lowest BCUT2D eigenvalue weighted by molar-refractivity contribution is 0.193. The molecule has 0 amide bonds. The molecule has 0 radical (unpaired) electrons. The average Bonchev–Trinajstić information content (AvgIpc) is 3.17. The Labute approximate surface area is 190 Å². The van der Waals surface area contributed by atoms with Gasteiger partial charge in [0, 0.05) is 44.1 Å². The van der Waals surface area contributed by atoms with E-state index < -0.39 is 0 Å². The Kier molecular flexibility index (Phi) is 5.74. The van der Waals surface area contributed by atoms with Gasteiger partial charge in [-0.3, -0.25) is 9.47 Å². The van der Waals surface area contributed by atoms with Gasteiger partial charge in [0.1, 0.15) is 5.82 Å². The molecule has 0 bridgehead atoms. The van der Waals surface area contributed by atoms with E-state index in [2.05, 4.69) is 19.8 Å². The second kappa shape index (κ2) is 8.97. The standard InChI is InChI=1S/C23H22FN7S/c24-19-7-9-20(10-8-19)31-21(18-5-2-1-3-6-18)27-30(23(31)32)17-28-13-15-29(16-14-28)22-25-11-4-12-26-22/h1-12H,13-17H2. The highest BCUT2D eigenvalue weighted by atomic mass is 32.1. The van der Waals surface area contributed by atoms with E-state index in [1.807, 2.05) is 45.6 Å². The summed E-state index contributed by atoms with van der Waals surface area (Å²) in [4.78, 5) is 13.2. The Morgan fingerprint density at radius 3 is 2.22 bits per heavy atom. The molecule has 2 aromatic carbocycles. The predicted octanol–water partition coefficient (Wildman–Crippen LogP) is 3.78. The molecular weight excluding hydrogens is 425 g/mol. The zero-order chi connectivity index (χ0) is 21.9. The highest BCUT2D eigenvalue weighted by molar-refractivity contribution is 7.71. The van der Waals surface area contributed by atoms with Crippen molar-refractivity contribution in [2.24, 2.45) is 0 Å². The molecule has 2 aromatic heterocycles. The highest BCUT2D eigenvalue weighted by Crippen LogP contribution is 2.23. The molecule has 1 aliphatic rings. The van der Waals surface area contributed by atoms with Crippen LogP contribution < -0.4 is 4.90 Å². The first-order valence-electron chi connectivity index (χ1n) is 10.4. The summed E-state index contributed by atoms with van der Waals surface area (Å²) in [7, 11) is 0. The number of hydrogen-bond donors (Lipinski definition) is 0. The molecule has 7 nitrogen and oxygen atoms in total. The third-order valence-corrected chi connectivity index (χ3v) is 5.89. The van der Waals surface area contributed by atoms with Crippen molar-refractivity contribution in [2.75, 3.05) is 31.1 Å². The van der Waals surface area contributed by atoms with Crippen LogP contribution in [0.5, 0.6) is 0 Å².